The van der Waals surface area contributed by atoms with Crippen LogP contribution in [0, 0.1) is 10.1 Å². The zero-order valence-corrected chi connectivity index (χ0v) is 18.8. The molecule has 4 rings (SSSR count). The van der Waals surface area contributed by atoms with Crippen molar-refractivity contribution in [2.75, 3.05) is 44.2 Å². The summed E-state index contributed by atoms with van der Waals surface area (Å²) in [4.78, 5) is 31.7. The van der Waals surface area contributed by atoms with Crippen LogP contribution in [0.5, 0.6) is 0 Å². The molecular formula is C22H22ClN5O3S. The number of hydrogen-bond acceptors (Lipinski definition) is 7. The number of nitrogens with one attached hydrogen (secondary N) is 1. The Kier molecular flexibility index (Phi) is 6.99. The van der Waals surface area contributed by atoms with Crippen molar-refractivity contribution in [3.05, 3.63) is 69.2 Å². The fourth-order valence-electron chi connectivity index (χ4n) is 3.49. The van der Waals surface area contributed by atoms with E-state index in [2.05, 4.69) is 15.1 Å². The number of anilines is 1. The highest BCUT2D eigenvalue weighted by atomic mass is 35.5. The summed E-state index contributed by atoms with van der Waals surface area (Å²) < 4.78 is 1.09. The summed E-state index contributed by atoms with van der Waals surface area (Å²) in [5.41, 5.74) is 1.58. The molecule has 8 nitrogen and oxygen atoms in total. The van der Waals surface area contributed by atoms with Gasteiger partial charge < -0.3 is 10.2 Å². The van der Waals surface area contributed by atoms with Crippen LogP contribution >= 0.6 is 22.9 Å². The number of amides is 1. The molecule has 1 N–H and O–H groups in total. The lowest BCUT2D eigenvalue weighted by Gasteiger charge is -2.34. The Hall–Kier alpha value is -3.01. The summed E-state index contributed by atoms with van der Waals surface area (Å²) in [6, 6.07) is 11.9. The van der Waals surface area contributed by atoms with Gasteiger partial charge >= 0.3 is 0 Å². The van der Waals surface area contributed by atoms with Gasteiger partial charge in [0.15, 0.2) is 5.13 Å². The zero-order valence-electron chi connectivity index (χ0n) is 17.2. The summed E-state index contributed by atoms with van der Waals surface area (Å²) in [5.74, 6) is -0.219. The Morgan fingerprint density at radius 1 is 1.22 bits per heavy atom. The SMILES string of the molecule is O=C(/C=C/c1cccc([N+](=O)[O-])c1)NCCN1CCN(c2nc3ccc(Cl)cc3s2)CC1. The monoisotopic (exact) mass is 471 g/mol. The van der Waals surface area contributed by atoms with Gasteiger partial charge in [0.05, 0.1) is 15.1 Å². The van der Waals surface area contributed by atoms with E-state index in [1.54, 1.807) is 29.5 Å². The van der Waals surface area contributed by atoms with E-state index in [1.807, 2.05) is 18.2 Å². The first-order valence-corrected chi connectivity index (χ1v) is 11.4. The minimum atomic E-state index is -0.455. The summed E-state index contributed by atoms with van der Waals surface area (Å²) >= 11 is 7.73. The van der Waals surface area contributed by atoms with Crippen molar-refractivity contribution in [2.45, 2.75) is 0 Å². The highest BCUT2D eigenvalue weighted by Crippen LogP contribution is 2.31. The number of nitro groups is 1. The molecular weight excluding hydrogens is 450 g/mol. The van der Waals surface area contributed by atoms with Crippen molar-refractivity contribution in [2.24, 2.45) is 0 Å². The number of benzene rings is 2. The number of carbonyl (C=O) groups is 1. The maximum atomic E-state index is 12.0. The summed E-state index contributed by atoms with van der Waals surface area (Å²) in [7, 11) is 0. The summed E-state index contributed by atoms with van der Waals surface area (Å²) in [5, 5.41) is 15.4. The maximum absolute atomic E-state index is 12.0. The summed E-state index contributed by atoms with van der Waals surface area (Å²) in [6.07, 6.45) is 2.97. The Morgan fingerprint density at radius 2 is 2.03 bits per heavy atom. The van der Waals surface area contributed by atoms with Crippen LogP contribution in [-0.2, 0) is 4.79 Å². The number of piperazine rings is 1. The van der Waals surface area contributed by atoms with Gasteiger partial charge in [-0.3, -0.25) is 19.8 Å². The van der Waals surface area contributed by atoms with E-state index in [1.165, 1.54) is 18.2 Å². The molecule has 1 amide bonds. The molecule has 1 fully saturated rings. The van der Waals surface area contributed by atoms with Crippen LogP contribution in [0.1, 0.15) is 5.56 Å². The van der Waals surface area contributed by atoms with Crippen LogP contribution in [0.4, 0.5) is 10.8 Å². The molecule has 0 atom stereocenters. The lowest BCUT2D eigenvalue weighted by molar-refractivity contribution is -0.384. The molecule has 166 valence electrons. The number of nitro benzene ring substituents is 1. The van der Waals surface area contributed by atoms with E-state index < -0.39 is 4.92 Å². The van der Waals surface area contributed by atoms with E-state index >= 15 is 0 Å². The molecule has 0 bridgehead atoms. The van der Waals surface area contributed by atoms with Crippen molar-refractivity contribution < 1.29 is 9.72 Å². The lowest BCUT2D eigenvalue weighted by atomic mass is 10.2. The first kappa shape index (κ1) is 22.2. The Bertz CT molecular complexity index is 1160. The Labute approximate surface area is 194 Å². The van der Waals surface area contributed by atoms with Crippen molar-refractivity contribution in [3.8, 4) is 0 Å². The topological polar surface area (TPSA) is 91.6 Å². The highest BCUT2D eigenvalue weighted by molar-refractivity contribution is 7.22. The molecule has 10 heteroatoms. The molecule has 2 heterocycles. The van der Waals surface area contributed by atoms with Gasteiger partial charge in [0, 0.05) is 62.5 Å². The van der Waals surface area contributed by atoms with Gasteiger partial charge in [-0.05, 0) is 29.8 Å². The van der Waals surface area contributed by atoms with Gasteiger partial charge in [0.2, 0.25) is 5.91 Å². The zero-order chi connectivity index (χ0) is 22.5. The van der Waals surface area contributed by atoms with Gasteiger partial charge in [-0.25, -0.2) is 4.98 Å². The van der Waals surface area contributed by atoms with E-state index in [0.717, 1.165) is 53.1 Å². The third kappa shape index (κ3) is 5.61. The van der Waals surface area contributed by atoms with E-state index in [9.17, 15) is 14.9 Å². The predicted octanol–water partition coefficient (Wildman–Crippen LogP) is 3.81. The molecule has 0 radical (unpaired) electrons. The van der Waals surface area contributed by atoms with Crippen molar-refractivity contribution in [1.29, 1.82) is 0 Å². The number of aromatic nitrogens is 1. The smallest absolute Gasteiger partial charge is 0.270 e. The van der Waals surface area contributed by atoms with Crippen LogP contribution in [0.2, 0.25) is 5.02 Å². The molecule has 0 unspecified atom stereocenters. The van der Waals surface area contributed by atoms with E-state index in [4.69, 9.17) is 16.6 Å². The lowest BCUT2D eigenvalue weighted by Crippen LogP contribution is -2.48. The Morgan fingerprint density at radius 3 is 2.81 bits per heavy atom. The van der Waals surface area contributed by atoms with Crippen LogP contribution in [-0.4, -0.2) is 60.0 Å². The number of hydrogen-bond donors (Lipinski definition) is 1. The summed E-state index contributed by atoms with van der Waals surface area (Å²) in [6.45, 7) is 4.87. The molecule has 0 spiro atoms. The molecule has 0 saturated carbocycles. The fraction of sp³-hybridized carbons (Fsp3) is 0.273. The van der Waals surface area contributed by atoms with Crippen molar-refractivity contribution in [3.63, 3.8) is 0 Å². The second kappa shape index (κ2) is 10.1. The second-order valence-electron chi connectivity index (χ2n) is 7.41. The number of rotatable bonds is 7. The number of carbonyl (C=O) groups excluding carboxylic acids is 1. The van der Waals surface area contributed by atoms with Crippen LogP contribution in [0.25, 0.3) is 16.3 Å². The highest BCUT2D eigenvalue weighted by Gasteiger charge is 2.19. The van der Waals surface area contributed by atoms with Gasteiger partial charge in [0.1, 0.15) is 0 Å². The van der Waals surface area contributed by atoms with E-state index in [-0.39, 0.29) is 11.6 Å². The largest absolute Gasteiger partial charge is 0.351 e. The fourth-order valence-corrected chi connectivity index (χ4v) is 4.79. The van der Waals surface area contributed by atoms with E-state index in [0.29, 0.717) is 12.1 Å². The molecule has 2 aromatic carbocycles. The van der Waals surface area contributed by atoms with Crippen molar-refractivity contribution >= 4 is 56.0 Å². The minimum Gasteiger partial charge on any atom is -0.351 e. The number of non-ortho nitro benzene ring substituents is 1. The Balaban J connectivity index is 1.20. The molecule has 1 aromatic heterocycles. The standard InChI is InChI=1S/C22H22ClN5O3S/c23-17-5-6-19-20(15-17)32-22(25-19)27-12-10-26(11-13-27)9-8-24-21(29)7-4-16-2-1-3-18(14-16)28(30)31/h1-7,14-15H,8-13H2,(H,24,29)/b7-4+. The van der Waals surface area contributed by atoms with Gasteiger partial charge in [-0.1, -0.05) is 35.1 Å². The predicted molar refractivity (Wildman–Crippen MR) is 128 cm³/mol. The van der Waals surface area contributed by atoms with Crippen molar-refractivity contribution in [1.82, 2.24) is 15.2 Å². The van der Waals surface area contributed by atoms with Crippen LogP contribution < -0.4 is 10.2 Å². The van der Waals surface area contributed by atoms with Crippen LogP contribution in [0.15, 0.2) is 48.5 Å². The number of halogens is 1. The first-order chi connectivity index (χ1) is 15.5. The van der Waals surface area contributed by atoms with Gasteiger partial charge in [-0.2, -0.15) is 0 Å². The molecule has 32 heavy (non-hydrogen) atoms. The number of fused-ring (bicyclic) bond motifs is 1. The minimum absolute atomic E-state index is 0.00125. The maximum Gasteiger partial charge on any atom is 0.270 e. The van der Waals surface area contributed by atoms with Gasteiger partial charge in [-0.15, -0.1) is 0 Å². The third-order valence-corrected chi connectivity index (χ3v) is 6.53. The quantitative estimate of drug-likeness (QED) is 0.320. The third-order valence-electron chi connectivity index (χ3n) is 5.22. The molecule has 1 saturated heterocycles. The van der Waals surface area contributed by atoms with Gasteiger partial charge in [0.25, 0.3) is 5.69 Å². The second-order valence-corrected chi connectivity index (χ2v) is 8.86. The average Bonchev–Trinajstić information content (AvgIpc) is 3.21. The first-order valence-electron chi connectivity index (χ1n) is 10.2. The molecule has 1 aliphatic heterocycles. The number of thiazole rings is 1. The normalized spacial score (nSPS) is 14.8. The molecule has 3 aromatic rings. The molecule has 0 aliphatic carbocycles. The van der Waals surface area contributed by atoms with Crippen LogP contribution in [0.3, 0.4) is 0 Å². The molecule has 1 aliphatic rings. The number of nitrogens with zero attached hydrogens (tertiary/aromatic N) is 4. The average molecular weight is 472 g/mol.